The van der Waals surface area contributed by atoms with Crippen LogP contribution in [0.5, 0.6) is 0 Å². The molecule has 3 heterocycles. The summed E-state index contributed by atoms with van der Waals surface area (Å²) in [5.41, 5.74) is 1.37. The van der Waals surface area contributed by atoms with Crippen molar-refractivity contribution in [3.05, 3.63) is 52.2 Å². The number of aliphatic hydroxyl groups excluding tert-OH is 1. The molecule has 1 saturated heterocycles. The van der Waals surface area contributed by atoms with Gasteiger partial charge in [0.25, 0.3) is 11.7 Å². The molecule has 33 heavy (non-hydrogen) atoms. The summed E-state index contributed by atoms with van der Waals surface area (Å²) in [5.74, 6) is -2.00. The zero-order valence-corrected chi connectivity index (χ0v) is 19.7. The molecule has 1 unspecified atom stereocenters. The lowest BCUT2D eigenvalue weighted by atomic mass is 9.97. The van der Waals surface area contributed by atoms with Crippen molar-refractivity contribution in [3.63, 3.8) is 0 Å². The maximum atomic E-state index is 13.1. The van der Waals surface area contributed by atoms with Crippen molar-refractivity contribution in [3.8, 4) is 0 Å². The number of furan rings is 1. The van der Waals surface area contributed by atoms with Crippen LogP contribution >= 0.6 is 0 Å². The molecular formula is C24H31N3O6. The second-order valence-corrected chi connectivity index (χ2v) is 7.88. The van der Waals surface area contributed by atoms with Crippen molar-refractivity contribution >= 4 is 23.4 Å². The van der Waals surface area contributed by atoms with Gasteiger partial charge in [0.05, 0.1) is 18.4 Å². The number of likely N-dealkylation sites (tertiary alicyclic amines) is 1. The minimum atomic E-state index is -0.865. The molecule has 9 nitrogen and oxygen atoms in total. The summed E-state index contributed by atoms with van der Waals surface area (Å²) in [7, 11) is 0. The van der Waals surface area contributed by atoms with Gasteiger partial charge in [0, 0.05) is 24.3 Å². The van der Waals surface area contributed by atoms with E-state index in [9.17, 15) is 19.5 Å². The highest BCUT2D eigenvalue weighted by Gasteiger charge is 2.47. The van der Waals surface area contributed by atoms with Crippen molar-refractivity contribution in [2.45, 2.75) is 40.7 Å². The van der Waals surface area contributed by atoms with Gasteiger partial charge < -0.3 is 29.0 Å². The summed E-state index contributed by atoms with van der Waals surface area (Å²) in [6.45, 7) is 11.8. The average molecular weight is 458 g/mol. The number of likely N-dealkylation sites (N-methyl/N-ethyl adjacent to an activating group) is 1. The van der Waals surface area contributed by atoms with Crippen LogP contribution in [-0.2, 0) is 14.3 Å². The number of hydrogen-bond acceptors (Lipinski definition) is 7. The van der Waals surface area contributed by atoms with E-state index in [-0.39, 0.29) is 23.6 Å². The Hall–Kier alpha value is -3.33. The molecule has 0 bridgehead atoms. The molecule has 0 aliphatic carbocycles. The monoisotopic (exact) mass is 457 g/mol. The second kappa shape index (κ2) is 10.1. The number of nitrogens with zero attached hydrogens (tertiary/aromatic N) is 2. The van der Waals surface area contributed by atoms with E-state index in [4.69, 9.17) is 9.15 Å². The van der Waals surface area contributed by atoms with E-state index >= 15 is 0 Å². The zero-order valence-electron chi connectivity index (χ0n) is 19.7. The third-order valence-electron chi connectivity index (χ3n) is 6.06. The largest absolute Gasteiger partial charge is 0.507 e. The first-order valence-electron chi connectivity index (χ1n) is 11.2. The Balaban J connectivity index is 2.11. The number of nitrogens with one attached hydrogen (secondary N) is 1. The molecule has 0 radical (unpaired) electrons. The van der Waals surface area contributed by atoms with Crippen LogP contribution in [0.4, 0.5) is 0 Å². The highest BCUT2D eigenvalue weighted by atomic mass is 16.5. The van der Waals surface area contributed by atoms with Gasteiger partial charge >= 0.3 is 5.97 Å². The van der Waals surface area contributed by atoms with E-state index in [1.165, 1.54) is 11.2 Å². The SMILES string of the molecule is CCOC(=O)c1[nH]c(C)c(/C(O)=C2\C(=O)C(=O)N(CCN(CC)CC)C2c2ccco2)c1C. The minimum Gasteiger partial charge on any atom is -0.507 e. The summed E-state index contributed by atoms with van der Waals surface area (Å²) in [6.07, 6.45) is 1.46. The number of ether oxygens (including phenoxy) is 1. The predicted molar refractivity (Wildman–Crippen MR) is 122 cm³/mol. The van der Waals surface area contributed by atoms with Crippen LogP contribution in [0.15, 0.2) is 28.4 Å². The number of aromatic amines is 1. The number of aromatic nitrogens is 1. The number of carbonyl (C=O) groups is 3. The molecule has 2 aromatic heterocycles. The van der Waals surface area contributed by atoms with E-state index in [2.05, 4.69) is 9.88 Å². The van der Waals surface area contributed by atoms with Crippen LogP contribution in [0.3, 0.4) is 0 Å². The van der Waals surface area contributed by atoms with Gasteiger partial charge in [-0.3, -0.25) is 9.59 Å². The van der Waals surface area contributed by atoms with Gasteiger partial charge in [0.2, 0.25) is 0 Å². The summed E-state index contributed by atoms with van der Waals surface area (Å²) >= 11 is 0. The second-order valence-electron chi connectivity index (χ2n) is 7.88. The summed E-state index contributed by atoms with van der Waals surface area (Å²) in [4.78, 5) is 44.9. The number of aliphatic hydroxyl groups is 1. The van der Waals surface area contributed by atoms with Gasteiger partial charge in [-0.2, -0.15) is 0 Å². The first kappa shape index (κ1) is 24.3. The van der Waals surface area contributed by atoms with Crippen LogP contribution in [0.25, 0.3) is 5.76 Å². The Bertz CT molecular complexity index is 1060. The highest BCUT2D eigenvalue weighted by molar-refractivity contribution is 6.46. The van der Waals surface area contributed by atoms with Crippen LogP contribution in [-0.4, -0.2) is 70.3 Å². The summed E-state index contributed by atoms with van der Waals surface area (Å²) < 4.78 is 10.6. The molecule has 9 heteroatoms. The lowest BCUT2D eigenvalue weighted by Crippen LogP contribution is -2.37. The van der Waals surface area contributed by atoms with Crippen LogP contribution in [0.2, 0.25) is 0 Å². The van der Waals surface area contributed by atoms with Gasteiger partial charge in [-0.15, -0.1) is 0 Å². The van der Waals surface area contributed by atoms with Gasteiger partial charge in [-0.05, 0) is 51.6 Å². The number of aryl methyl sites for hydroxylation is 1. The van der Waals surface area contributed by atoms with E-state index in [1.54, 1.807) is 32.9 Å². The van der Waals surface area contributed by atoms with Crippen molar-refractivity contribution in [2.75, 3.05) is 32.8 Å². The molecular weight excluding hydrogens is 426 g/mol. The number of rotatable bonds is 9. The molecule has 3 rings (SSSR count). The molecule has 178 valence electrons. The number of H-pyrrole nitrogens is 1. The van der Waals surface area contributed by atoms with Gasteiger partial charge in [0.15, 0.2) is 0 Å². The Morgan fingerprint density at radius 2 is 1.94 bits per heavy atom. The van der Waals surface area contributed by atoms with E-state index in [1.807, 2.05) is 13.8 Å². The first-order valence-corrected chi connectivity index (χ1v) is 11.2. The topological polar surface area (TPSA) is 116 Å². The van der Waals surface area contributed by atoms with Crippen molar-refractivity contribution < 1.29 is 28.6 Å². The van der Waals surface area contributed by atoms with Gasteiger partial charge in [-0.25, -0.2) is 4.79 Å². The minimum absolute atomic E-state index is 0.0601. The molecule has 1 aliphatic heterocycles. The Morgan fingerprint density at radius 3 is 2.52 bits per heavy atom. The summed E-state index contributed by atoms with van der Waals surface area (Å²) in [5, 5.41) is 11.3. The number of ketones is 1. The number of amides is 1. The van der Waals surface area contributed by atoms with Crippen molar-refractivity contribution in [1.82, 2.24) is 14.8 Å². The summed E-state index contributed by atoms with van der Waals surface area (Å²) in [6, 6.07) is 2.48. The lowest BCUT2D eigenvalue weighted by molar-refractivity contribution is -0.140. The van der Waals surface area contributed by atoms with Gasteiger partial charge in [0.1, 0.15) is 23.3 Å². The van der Waals surface area contributed by atoms with Crippen molar-refractivity contribution in [1.29, 1.82) is 0 Å². The van der Waals surface area contributed by atoms with Crippen LogP contribution in [0, 0.1) is 13.8 Å². The van der Waals surface area contributed by atoms with E-state index < -0.39 is 23.7 Å². The first-order chi connectivity index (χ1) is 15.8. The maximum Gasteiger partial charge on any atom is 0.355 e. The average Bonchev–Trinajstić information content (AvgIpc) is 3.48. The van der Waals surface area contributed by atoms with Gasteiger partial charge in [-0.1, -0.05) is 13.8 Å². The number of Topliss-reactive ketones (excluding diaryl/α,β-unsaturated/α-hetero) is 1. The normalized spacial score (nSPS) is 17.9. The third kappa shape index (κ3) is 4.45. The molecule has 0 spiro atoms. The zero-order chi connectivity index (χ0) is 24.3. The Morgan fingerprint density at radius 1 is 1.24 bits per heavy atom. The molecule has 0 aromatic carbocycles. The maximum absolute atomic E-state index is 13.1. The molecule has 1 amide bonds. The molecule has 1 atom stereocenters. The smallest absolute Gasteiger partial charge is 0.355 e. The Kier molecular flexibility index (Phi) is 7.43. The van der Waals surface area contributed by atoms with Crippen LogP contribution in [0.1, 0.15) is 59.9 Å². The van der Waals surface area contributed by atoms with E-state index in [0.717, 1.165) is 13.1 Å². The molecule has 0 saturated carbocycles. The number of hydrogen-bond donors (Lipinski definition) is 2. The molecule has 1 aliphatic rings. The Labute approximate surface area is 193 Å². The third-order valence-corrected chi connectivity index (χ3v) is 6.06. The number of carbonyl (C=O) groups excluding carboxylic acids is 3. The number of esters is 1. The standard InChI is InChI=1S/C24H31N3O6/c1-6-26(7-2)11-12-27-20(16-10-9-13-33-16)18(22(29)23(27)30)21(28)17-14(4)19(25-15(17)5)24(31)32-8-3/h9-10,13,20,25,28H,6-8,11-12H2,1-5H3/b21-18+. The fraction of sp³-hybridized carbons (Fsp3) is 0.458. The molecule has 2 N–H and O–H groups in total. The lowest BCUT2D eigenvalue weighted by Gasteiger charge is -2.26. The van der Waals surface area contributed by atoms with Crippen LogP contribution < -0.4 is 0 Å². The quantitative estimate of drug-likeness (QED) is 0.257. The van der Waals surface area contributed by atoms with Crippen molar-refractivity contribution in [2.24, 2.45) is 0 Å². The predicted octanol–water partition coefficient (Wildman–Crippen LogP) is 3.16. The van der Waals surface area contributed by atoms with E-state index in [0.29, 0.717) is 35.7 Å². The fourth-order valence-corrected chi connectivity index (χ4v) is 4.29. The highest BCUT2D eigenvalue weighted by Crippen LogP contribution is 2.40. The fourth-order valence-electron chi connectivity index (χ4n) is 4.29. The molecule has 1 fully saturated rings. The molecule has 2 aromatic rings.